The summed E-state index contributed by atoms with van der Waals surface area (Å²) in [5, 5.41) is 6.09. The molecule has 3 rings (SSSR count). The van der Waals surface area contributed by atoms with Crippen molar-refractivity contribution in [2.45, 2.75) is 19.0 Å². The molecule has 1 aliphatic heterocycles. The number of carbonyl (C=O) groups is 2. The average Bonchev–Trinajstić information content (AvgIpc) is 2.86. The smallest absolute Gasteiger partial charge is 0.241 e. The van der Waals surface area contributed by atoms with Crippen molar-refractivity contribution < 1.29 is 14.3 Å². The molecule has 1 aliphatic rings. The summed E-state index contributed by atoms with van der Waals surface area (Å²) in [5.41, 5.74) is 8.47. The molecule has 2 aromatic carbocycles. The number of ether oxygens (including phenoxy) is 1. The van der Waals surface area contributed by atoms with E-state index in [2.05, 4.69) is 26.5 Å². The Morgan fingerprint density at radius 3 is 2.47 bits per heavy atom. The van der Waals surface area contributed by atoms with E-state index in [-0.39, 0.29) is 16.9 Å². The number of carbonyl (C=O) groups excluding carboxylic acids is 2. The SMILES string of the molecule is CNc1ccccc1C(=NC(C=O)NC(=S)NNC(=O)C1CCOCC1)c1ccccc1. The maximum absolute atomic E-state index is 12.3. The van der Waals surface area contributed by atoms with Gasteiger partial charge >= 0.3 is 0 Å². The third-order valence-corrected chi connectivity index (χ3v) is 5.29. The Kier molecular flexibility index (Phi) is 8.70. The van der Waals surface area contributed by atoms with Crippen molar-refractivity contribution in [2.75, 3.05) is 25.6 Å². The first kappa shape index (κ1) is 23.4. The molecule has 1 unspecified atom stereocenters. The number of aliphatic imine (C=N–C) groups is 1. The van der Waals surface area contributed by atoms with E-state index >= 15 is 0 Å². The van der Waals surface area contributed by atoms with Crippen LogP contribution in [0.2, 0.25) is 0 Å². The number of benzene rings is 2. The minimum Gasteiger partial charge on any atom is -0.388 e. The molecule has 1 saturated heterocycles. The largest absolute Gasteiger partial charge is 0.388 e. The Bertz CT molecular complexity index is 961. The molecule has 0 radical (unpaired) electrons. The third kappa shape index (κ3) is 6.35. The second-order valence-corrected chi connectivity index (χ2v) is 7.60. The van der Waals surface area contributed by atoms with Crippen molar-refractivity contribution in [3.05, 3.63) is 65.7 Å². The van der Waals surface area contributed by atoms with Crippen LogP contribution >= 0.6 is 12.2 Å². The number of para-hydroxylation sites is 1. The van der Waals surface area contributed by atoms with Crippen molar-refractivity contribution in [1.29, 1.82) is 0 Å². The monoisotopic (exact) mass is 453 g/mol. The first-order valence-corrected chi connectivity index (χ1v) is 10.8. The summed E-state index contributed by atoms with van der Waals surface area (Å²) in [4.78, 5) is 28.7. The molecule has 8 nitrogen and oxygen atoms in total. The molecule has 4 N–H and O–H groups in total. The molecular formula is C23H27N5O3S. The lowest BCUT2D eigenvalue weighted by molar-refractivity contribution is -0.128. The molecule has 32 heavy (non-hydrogen) atoms. The molecule has 0 aromatic heterocycles. The highest BCUT2D eigenvalue weighted by Crippen LogP contribution is 2.20. The summed E-state index contributed by atoms with van der Waals surface area (Å²) in [5.74, 6) is -0.279. The number of rotatable bonds is 7. The lowest BCUT2D eigenvalue weighted by Crippen LogP contribution is -2.51. The van der Waals surface area contributed by atoms with Crippen LogP contribution in [0.15, 0.2) is 59.6 Å². The number of nitrogens with zero attached hydrogens (tertiary/aromatic N) is 1. The number of amides is 1. The molecule has 0 aliphatic carbocycles. The number of hydrazine groups is 1. The normalized spacial score (nSPS) is 15.3. The highest BCUT2D eigenvalue weighted by Gasteiger charge is 2.22. The van der Waals surface area contributed by atoms with Gasteiger partial charge in [0.25, 0.3) is 0 Å². The topological polar surface area (TPSA) is 104 Å². The molecule has 9 heteroatoms. The van der Waals surface area contributed by atoms with Crippen LogP contribution in [0.25, 0.3) is 0 Å². The fraction of sp³-hybridized carbons (Fsp3) is 0.304. The van der Waals surface area contributed by atoms with Crippen LogP contribution in [0, 0.1) is 5.92 Å². The van der Waals surface area contributed by atoms with Crippen molar-refractivity contribution >= 4 is 40.9 Å². The lowest BCUT2D eigenvalue weighted by Gasteiger charge is -2.22. The van der Waals surface area contributed by atoms with Gasteiger partial charge in [0.05, 0.1) is 5.71 Å². The van der Waals surface area contributed by atoms with Gasteiger partial charge in [0, 0.05) is 43.0 Å². The van der Waals surface area contributed by atoms with Crippen LogP contribution in [0.3, 0.4) is 0 Å². The zero-order chi connectivity index (χ0) is 22.8. The molecule has 0 spiro atoms. The van der Waals surface area contributed by atoms with Gasteiger partial charge in [-0.1, -0.05) is 48.5 Å². The Balaban J connectivity index is 1.74. The van der Waals surface area contributed by atoms with Gasteiger partial charge in [-0.2, -0.15) is 0 Å². The predicted molar refractivity (Wildman–Crippen MR) is 128 cm³/mol. The number of hydrogen-bond acceptors (Lipinski definition) is 6. The van der Waals surface area contributed by atoms with E-state index in [9.17, 15) is 9.59 Å². The fourth-order valence-electron chi connectivity index (χ4n) is 3.39. The molecule has 1 atom stereocenters. The second-order valence-electron chi connectivity index (χ2n) is 7.19. The van der Waals surface area contributed by atoms with Gasteiger partial charge in [-0.25, -0.2) is 0 Å². The summed E-state index contributed by atoms with van der Waals surface area (Å²) >= 11 is 5.25. The summed E-state index contributed by atoms with van der Waals surface area (Å²) in [6.45, 7) is 1.14. The summed E-state index contributed by atoms with van der Waals surface area (Å²) in [7, 11) is 1.83. The highest BCUT2D eigenvalue weighted by atomic mass is 32.1. The van der Waals surface area contributed by atoms with E-state index in [1.807, 2.05) is 61.6 Å². The molecule has 0 saturated carbocycles. The van der Waals surface area contributed by atoms with E-state index in [0.717, 1.165) is 16.8 Å². The van der Waals surface area contributed by atoms with E-state index in [1.54, 1.807) is 0 Å². The number of aldehydes is 1. The molecule has 2 aromatic rings. The van der Waals surface area contributed by atoms with Crippen LogP contribution in [-0.4, -0.2) is 49.4 Å². The average molecular weight is 454 g/mol. The third-order valence-electron chi connectivity index (χ3n) is 5.07. The fourth-order valence-corrected chi connectivity index (χ4v) is 3.56. The van der Waals surface area contributed by atoms with Crippen molar-refractivity contribution in [3.63, 3.8) is 0 Å². The van der Waals surface area contributed by atoms with E-state index in [4.69, 9.17) is 17.0 Å². The van der Waals surface area contributed by atoms with Gasteiger partial charge in [0.1, 0.15) is 0 Å². The minimum absolute atomic E-state index is 0.0978. The van der Waals surface area contributed by atoms with E-state index in [1.165, 1.54) is 0 Å². The van der Waals surface area contributed by atoms with Crippen molar-refractivity contribution in [2.24, 2.45) is 10.9 Å². The Labute approximate surface area is 192 Å². The van der Waals surface area contributed by atoms with Crippen LogP contribution in [0.5, 0.6) is 0 Å². The Hall–Kier alpha value is -3.30. The standard InChI is InChI=1S/C23H27N5O3S/c1-24-19-10-6-5-9-18(19)21(16-7-3-2-4-8-16)25-20(15-29)26-23(32)28-27-22(30)17-11-13-31-14-12-17/h2-10,15,17,20,24H,11-14H2,1H3,(H,27,30)(H2,26,28,32). The maximum Gasteiger partial charge on any atom is 0.241 e. The van der Waals surface area contributed by atoms with Crippen LogP contribution in [0.1, 0.15) is 24.0 Å². The first-order chi connectivity index (χ1) is 15.6. The Morgan fingerprint density at radius 2 is 1.78 bits per heavy atom. The molecule has 1 amide bonds. The summed E-state index contributed by atoms with van der Waals surface area (Å²) < 4.78 is 5.27. The first-order valence-electron chi connectivity index (χ1n) is 10.4. The molecule has 0 bridgehead atoms. The number of thiocarbonyl (C=S) groups is 1. The van der Waals surface area contributed by atoms with Gasteiger partial charge in [0.15, 0.2) is 17.6 Å². The van der Waals surface area contributed by atoms with Gasteiger partial charge in [0.2, 0.25) is 5.91 Å². The van der Waals surface area contributed by atoms with Gasteiger partial charge in [-0.05, 0) is 31.1 Å². The minimum atomic E-state index is -0.949. The molecule has 1 heterocycles. The number of hydrogen-bond donors (Lipinski definition) is 4. The molecule has 168 valence electrons. The predicted octanol–water partition coefficient (Wildman–Crippen LogP) is 2.01. The van der Waals surface area contributed by atoms with Crippen LogP contribution < -0.4 is 21.5 Å². The zero-order valence-electron chi connectivity index (χ0n) is 17.8. The van der Waals surface area contributed by atoms with Crippen molar-refractivity contribution in [1.82, 2.24) is 16.2 Å². The number of anilines is 1. The van der Waals surface area contributed by atoms with Crippen molar-refractivity contribution in [3.8, 4) is 0 Å². The quantitative estimate of drug-likeness (QED) is 0.220. The van der Waals surface area contributed by atoms with E-state index < -0.39 is 6.17 Å². The van der Waals surface area contributed by atoms with Gasteiger partial charge in [-0.3, -0.25) is 25.4 Å². The zero-order valence-corrected chi connectivity index (χ0v) is 18.7. The summed E-state index contributed by atoms with van der Waals surface area (Å²) in [6.07, 6.45) is 1.05. The number of nitrogens with one attached hydrogen (secondary N) is 4. The van der Waals surface area contributed by atoms with Gasteiger partial charge in [-0.15, -0.1) is 0 Å². The molecule has 1 fully saturated rings. The van der Waals surface area contributed by atoms with E-state index in [0.29, 0.717) is 38.1 Å². The Morgan fingerprint density at radius 1 is 1.09 bits per heavy atom. The summed E-state index contributed by atoms with van der Waals surface area (Å²) in [6, 6.07) is 17.3. The van der Waals surface area contributed by atoms with Crippen LogP contribution in [-0.2, 0) is 14.3 Å². The van der Waals surface area contributed by atoms with Crippen LogP contribution in [0.4, 0.5) is 5.69 Å². The maximum atomic E-state index is 12.3. The lowest BCUT2D eigenvalue weighted by atomic mass is 10.00. The molecular weight excluding hydrogens is 426 g/mol. The van der Waals surface area contributed by atoms with Gasteiger partial charge < -0.3 is 15.4 Å². The highest BCUT2D eigenvalue weighted by molar-refractivity contribution is 7.80. The second kappa shape index (κ2) is 11.9.